The van der Waals surface area contributed by atoms with Crippen molar-refractivity contribution in [3.8, 4) is 6.01 Å². The van der Waals surface area contributed by atoms with Gasteiger partial charge >= 0.3 is 6.01 Å². The van der Waals surface area contributed by atoms with E-state index in [2.05, 4.69) is 14.8 Å². The molecule has 0 N–H and O–H groups in total. The average Bonchev–Trinajstić information content (AvgIpc) is 2.18. The van der Waals surface area contributed by atoms with Gasteiger partial charge in [0.1, 0.15) is 0 Å². The van der Waals surface area contributed by atoms with Crippen LogP contribution in [-0.2, 0) is 6.54 Å². The molecular weight excluding hydrogens is 178 g/mol. The second-order valence-corrected chi connectivity index (χ2v) is 3.24. The van der Waals surface area contributed by atoms with Crippen molar-refractivity contribution in [1.82, 2.24) is 9.97 Å². The monoisotopic (exact) mass is 191 g/mol. The third-order valence-corrected chi connectivity index (χ3v) is 1.85. The molecule has 0 unspecified atom stereocenters. The predicted molar refractivity (Wildman–Crippen MR) is 53.0 cm³/mol. The minimum absolute atomic E-state index is 0.281. The van der Waals surface area contributed by atoms with Gasteiger partial charge in [-0.05, 0) is 5.92 Å². The summed E-state index contributed by atoms with van der Waals surface area (Å²) in [6, 6.07) is 0.363. The van der Waals surface area contributed by atoms with E-state index in [1.54, 1.807) is 6.20 Å². The number of methoxy groups -OCH3 is 1. The number of rotatable bonds is 3. The highest BCUT2D eigenvalue weighted by Gasteiger charge is 2.12. The highest BCUT2D eigenvalue weighted by atomic mass is 16.5. The van der Waals surface area contributed by atoms with E-state index in [0.29, 0.717) is 12.6 Å². The van der Waals surface area contributed by atoms with Gasteiger partial charge in [-0.3, -0.25) is 0 Å². The van der Waals surface area contributed by atoms with Crippen molar-refractivity contribution < 1.29 is 4.74 Å². The first-order valence-electron chi connectivity index (χ1n) is 4.42. The summed E-state index contributed by atoms with van der Waals surface area (Å²) in [7, 11) is 1.54. The van der Waals surface area contributed by atoms with E-state index in [1.165, 1.54) is 7.11 Å². The molecule has 0 spiro atoms. The minimum Gasteiger partial charge on any atom is -0.467 e. The summed E-state index contributed by atoms with van der Waals surface area (Å²) in [4.78, 5) is 11.5. The zero-order valence-corrected chi connectivity index (χ0v) is 8.61. The molecule has 4 nitrogen and oxygen atoms in total. The van der Waals surface area contributed by atoms with Crippen LogP contribution in [0.2, 0.25) is 0 Å². The van der Waals surface area contributed by atoms with Crippen LogP contribution in [0.5, 0.6) is 6.01 Å². The Hall–Kier alpha value is -1.63. The molecule has 0 fully saturated rings. The summed E-state index contributed by atoms with van der Waals surface area (Å²) < 4.78 is 4.94. The molecule has 0 atom stereocenters. The fraction of sp³-hybridized carbons (Fsp3) is 0.500. The lowest BCUT2D eigenvalue weighted by atomic mass is 10.1. The normalized spacial score (nSPS) is 9.93. The van der Waals surface area contributed by atoms with Gasteiger partial charge in [0.25, 0.3) is 0 Å². The highest BCUT2D eigenvalue weighted by Crippen LogP contribution is 2.19. The minimum atomic E-state index is 0.281. The van der Waals surface area contributed by atoms with Crippen LogP contribution in [0.4, 0.5) is 0 Å². The van der Waals surface area contributed by atoms with Crippen molar-refractivity contribution in [1.29, 1.82) is 0 Å². The molecule has 0 saturated heterocycles. The van der Waals surface area contributed by atoms with E-state index in [-0.39, 0.29) is 5.92 Å². The fourth-order valence-electron chi connectivity index (χ4n) is 1.21. The first-order valence-corrected chi connectivity index (χ1v) is 4.42. The maximum absolute atomic E-state index is 6.81. The van der Waals surface area contributed by atoms with Crippen LogP contribution in [0, 0.1) is 6.57 Å². The summed E-state index contributed by atoms with van der Waals surface area (Å²) >= 11 is 0. The standard InChI is InChI=1S/C10H13N3O/c1-7(2)9-8(5-11-3)6-12-10(13-9)14-4/h6-7H,5H2,1-2,4H3. The third-order valence-electron chi connectivity index (χ3n) is 1.85. The Kier molecular flexibility index (Phi) is 3.41. The zero-order chi connectivity index (χ0) is 10.6. The molecule has 14 heavy (non-hydrogen) atoms. The molecule has 1 aromatic heterocycles. The first-order chi connectivity index (χ1) is 6.69. The van der Waals surface area contributed by atoms with Gasteiger partial charge in [0, 0.05) is 6.20 Å². The lowest BCUT2D eigenvalue weighted by Crippen LogP contribution is -2.03. The van der Waals surface area contributed by atoms with E-state index < -0.39 is 0 Å². The Morgan fingerprint density at radius 3 is 2.79 bits per heavy atom. The number of hydrogen-bond donors (Lipinski definition) is 0. The molecule has 0 aliphatic rings. The van der Waals surface area contributed by atoms with Crippen molar-refractivity contribution >= 4 is 0 Å². The van der Waals surface area contributed by atoms with Gasteiger partial charge in [0.2, 0.25) is 6.54 Å². The lowest BCUT2D eigenvalue weighted by molar-refractivity contribution is 0.376. The summed E-state index contributed by atoms with van der Waals surface area (Å²) in [5.74, 6) is 0.281. The van der Waals surface area contributed by atoms with Crippen LogP contribution in [0.1, 0.15) is 31.0 Å². The Bertz CT molecular complexity index is 355. The van der Waals surface area contributed by atoms with Crippen LogP contribution in [-0.4, -0.2) is 17.1 Å². The van der Waals surface area contributed by atoms with E-state index in [0.717, 1.165) is 11.3 Å². The molecule has 0 aliphatic heterocycles. The van der Waals surface area contributed by atoms with Gasteiger partial charge in [-0.1, -0.05) is 13.8 Å². The molecule has 1 heterocycles. The van der Waals surface area contributed by atoms with Gasteiger partial charge in [0.05, 0.1) is 18.4 Å². The van der Waals surface area contributed by atoms with Crippen LogP contribution < -0.4 is 4.74 Å². The quantitative estimate of drug-likeness (QED) is 0.686. The predicted octanol–water partition coefficient (Wildman–Crippen LogP) is 2.03. The maximum Gasteiger partial charge on any atom is 0.316 e. The second-order valence-electron chi connectivity index (χ2n) is 3.24. The largest absolute Gasteiger partial charge is 0.467 e. The molecule has 74 valence electrons. The molecule has 0 radical (unpaired) electrons. The number of ether oxygens (including phenoxy) is 1. The molecule has 1 aromatic rings. The summed E-state index contributed by atoms with van der Waals surface area (Å²) in [6.07, 6.45) is 1.67. The van der Waals surface area contributed by atoms with Crippen LogP contribution in [0.3, 0.4) is 0 Å². The molecule has 4 heteroatoms. The lowest BCUT2D eigenvalue weighted by Gasteiger charge is -2.08. The SMILES string of the molecule is [C-]#[N+]Cc1cnc(OC)nc1C(C)C. The summed E-state index contributed by atoms with van der Waals surface area (Å²) in [5.41, 5.74) is 1.78. The van der Waals surface area contributed by atoms with E-state index in [9.17, 15) is 0 Å². The molecule has 1 rings (SSSR count). The average molecular weight is 191 g/mol. The van der Waals surface area contributed by atoms with Gasteiger partial charge in [-0.2, -0.15) is 4.98 Å². The smallest absolute Gasteiger partial charge is 0.316 e. The second kappa shape index (κ2) is 4.56. The molecule has 0 aromatic carbocycles. The summed E-state index contributed by atoms with van der Waals surface area (Å²) in [5, 5.41) is 0. The number of nitrogens with zero attached hydrogens (tertiary/aromatic N) is 3. The number of aromatic nitrogens is 2. The third kappa shape index (κ3) is 2.19. The summed E-state index contributed by atoms with van der Waals surface area (Å²) in [6.45, 7) is 11.2. The van der Waals surface area contributed by atoms with Crippen molar-refractivity contribution in [3.05, 3.63) is 28.9 Å². The van der Waals surface area contributed by atoms with Gasteiger partial charge in [-0.15, -0.1) is 0 Å². The van der Waals surface area contributed by atoms with Crippen molar-refractivity contribution in [3.63, 3.8) is 0 Å². The Labute approximate surface area is 83.8 Å². The van der Waals surface area contributed by atoms with Crippen LogP contribution in [0.25, 0.3) is 4.85 Å². The van der Waals surface area contributed by atoms with Crippen molar-refractivity contribution in [2.45, 2.75) is 26.3 Å². The zero-order valence-electron chi connectivity index (χ0n) is 8.61. The van der Waals surface area contributed by atoms with E-state index in [4.69, 9.17) is 11.3 Å². The Morgan fingerprint density at radius 2 is 2.29 bits per heavy atom. The Morgan fingerprint density at radius 1 is 1.57 bits per heavy atom. The Balaban J connectivity index is 3.11. The molecule has 0 bridgehead atoms. The van der Waals surface area contributed by atoms with Crippen molar-refractivity contribution in [2.75, 3.05) is 7.11 Å². The molecular formula is C10H13N3O. The fourth-order valence-corrected chi connectivity index (χ4v) is 1.21. The number of hydrogen-bond acceptors (Lipinski definition) is 3. The molecule has 0 amide bonds. The molecule has 0 saturated carbocycles. The van der Waals surface area contributed by atoms with Gasteiger partial charge < -0.3 is 9.58 Å². The van der Waals surface area contributed by atoms with E-state index >= 15 is 0 Å². The first kappa shape index (κ1) is 10.5. The maximum atomic E-state index is 6.81. The van der Waals surface area contributed by atoms with Crippen LogP contribution in [0.15, 0.2) is 6.20 Å². The highest BCUT2D eigenvalue weighted by molar-refractivity contribution is 5.23. The van der Waals surface area contributed by atoms with Crippen molar-refractivity contribution in [2.24, 2.45) is 0 Å². The van der Waals surface area contributed by atoms with E-state index in [1.807, 2.05) is 13.8 Å². The molecule has 0 aliphatic carbocycles. The topological polar surface area (TPSA) is 39.4 Å². The van der Waals surface area contributed by atoms with Crippen LogP contribution >= 0.6 is 0 Å². The van der Waals surface area contributed by atoms with Gasteiger partial charge in [-0.25, -0.2) is 11.6 Å². The van der Waals surface area contributed by atoms with Gasteiger partial charge in [0.15, 0.2) is 0 Å².